The molecule has 1 unspecified atom stereocenters. The van der Waals surface area contributed by atoms with E-state index in [0.717, 1.165) is 17.2 Å². The summed E-state index contributed by atoms with van der Waals surface area (Å²) in [5, 5.41) is 21.5. The third-order valence-electron chi connectivity index (χ3n) is 5.20. The van der Waals surface area contributed by atoms with Crippen LogP contribution in [0, 0.1) is 5.82 Å². The Bertz CT molecular complexity index is 1220. The van der Waals surface area contributed by atoms with Crippen molar-refractivity contribution < 1.29 is 24.1 Å². The van der Waals surface area contributed by atoms with E-state index in [1.54, 1.807) is 12.3 Å². The van der Waals surface area contributed by atoms with Crippen LogP contribution in [0.2, 0.25) is 5.02 Å². The number of ether oxygens (including phenoxy) is 1. The monoisotopic (exact) mass is 484 g/mol. The summed E-state index contributed by atoms with van der Waals surface area (Å²) in [5.74, 6) is -0.652. The van der Waals surface area contributed by atoms with Crippen LogP contribution in [-0.4, -0.2) is 58.6 Å². The predicted octanol–water partition coefficient (Wildman–Crippen LogP) is 3.98. The van der Waals surface area contributed by atoms with Crippen molar-refractivity contribution in [2.45, 2.75) is 6.10 Å². The van der Waals surface area contributed by atoms with Gasteiger partial charge in [-0.25, -0.2) is 14.2 Å². The molecular weight excluding hydrogens is 463 g/mol. The normalized spacial score (nSPS) is 16.1. The number of carboxylic acids is 1. The maximum atomic E-state index is 13.5. The van der Waals surface area contributed by atoms with E-state index in [4.69, 9.17) is 26.4 Å². The van der Waals surface area contributed by atoms with E-state index in [1.807, 2.05) is 23.1 Å². The van der Waals surface area contributed by atoms with Crippen LogP contribution in [-0.2, 0) is 9.53 Å². The van der Waals surface area contributed by atoms with Crippen molar-refractivity contribution in [2.24, 2.45) is 0 Å². The standard InChI is InChI=1S/C24H22ClFN4O4/c25-20-11-17(5-6-21(20)26)28-24-27-12-19(16-3-1-2-15(10-16)4-7-22(32)33)23(29-24)30-8-9-34-18(13-30)14-31/h1-7,10-12,18,31H,8-9,13-14H2,(H,32,33)(H,27,28,29)/b7-4+. The minimum absolute atomic E-state index is 0.0213. The maximum Gasteiger partial charge on any atom is 0.328 e. The highest BCUT2D eigenvalue weighted by Gasteiger charge is 2.24. The second kappa shape index (κ2) is 10.6. The number of halogens is 2. The second-order valence-electron chi connectivity index (χ2n) is 7.60. The highest BCUT2D eigenvalue weighted by Crippen LogP contribution is 2.32. The predicted molar refractivity (Wildman–Crippen MR) is 128 cm³/mol. The fraction of sp³-hybridized carbons (Fsp3) is 0.208. The zero-order valence-corrected chi connectivity index (χ0v) is 18.7. The van der Waals surface area contributed by atoms with Gasteiger partial charge in [0, 0.05) is 36.6 Å². The molecule has 176 valence electrons. The van der Waals surface area contributed by atoms with Gasteiger partial charge in [0.15, 0.2) is 0 Å². The van der Waals surface area contributed by atoms with Gasteiger partial charge in [-0.2, -0.15) is 4.98 Å². The summed E-state index contributed by atoms with van der Waals surface area (Å²) in [7, 11) is 0. The lowest BCUT2D eigenvalue weighted by atomic mass is 10.0. The van der Waals surface area contributed by atoms with Crippen LogP contribution in [0.3, 0.4) is 0 Å². The number of aliphatic carboxylic acids is 1. The van der Waals surface area contributed by atoms with Crippen LogP contribution >= 0.6 is 11.6 Å². The molecule has 0 bridgehead atoms. The molecule has 3 N–H and O–H groups in total. The molecule has 0 aliphatic carbocycles. The number of rotatable bonds is 7. The first-order valence-electron chi connectivity index (χ1n) is 10.5. The van der Waals surface area contributed by atoms with Crippen molar-refractivity contribution in [1.82, 2.24) is 9.97 Å². The summed E-state index contributed by atoms with van der Waals surface area (Å²) >= 11 is 5.89. The Labute approximate surface area is 200 Å². The Kier molecular flexibility index (Phi) is 7.36. The summed E-state index contributed by atoms with van der Waals surface area (Å²) in [4.78, 5) is 22.0. The molecule has 8 nitrogen and oxygen atoms in total. The van der Waals surface area contributed by atoms with Gasteiger partial charge in [-0.1, -0.05) is 29.8 Å². The van der Waals surface area contributed by atoms with Gasteiger partial charge in [-0.05, 0) is 41.5 Å². The summed E-state index contributed by atoms with van der Waals surface area (Å²) in [5.41, 5.74) is 2.77. The zero-order chi connectivity index (χ0) is 24.1. The number of carbonyl (C=O) groups is 1. The van der Waals surface area contributed by atoms with Crippen LogP contribution in [0.5, 0.6) is 0 Å². The largest absolute Gasteiger partial charge is 0.478 e. The fourth-order valence-electron chi connectivity index (χ4n) is 3.58. The summed E-state index contributed by atoms with van der Waals surface area (Å²) in [6.07, 6.45) is 3.90. The molecule has 2 heterocycles. The molecule has 1 aliphatic rings. The number of hydrogen-bond donors (Lipinski definition) is 3. The van der Waals surface area contributed by atoms with E-state index in [9.17, 15) is 14.3 Å². The van der Waals surface area contributed by atoms with Gasteiger partial charge >= 0.3 is 5.97 Å². The lowest BCUT2D eigenvalue weighted by molar-refractivity contribution is -0.131. The van der Waals surface area contributed by atoms with Crippen molar-refractivity contribution in [3.05, 3.63) is 71.1 Å². The Balaban J connectivity index is 1.73. The lowest BCUT2D eigenvalue weighted by Gasteiger charge is -2.34. The molecule has 0 saturated carbocycles. The van der Waals surface area contributed by atoms with E-state index in [0.29, 0.717) is 36.8 Å². The number of aliphatic hydroxyl groups excluding tert-OH is 1. The molecule has 1 aliphatic heterocycles. The fourth-order valence-corrected chi connectivity index (χ4v) is 3.76. The smallest absolute Gasteiger partial charge is 0.328 e. The summed E-state index contributed by atoms with van der Waals surface area (Å²) in [6, 6.07) is 11.6. The second-order valence-corrected chi connectivity index (χ2v) is 8.01. The molecule has 1 fully saturated rings. The van der Waals surface area contributed by atoms with E-state index in [1.165, 1.54) is 24.3 Å². The third kappa shape index (κ3) is 5.69. The number of aromatic nitrogens is 2. The average Bonchev–Trinajstić information content (AvgIpc) is 2.85. The van der Waals surface area contributed by atoms with Crippen LogP contribution in [0.1, 0.15) is 5.56 Å². The van der Waals surface area contributed by atoms with Gasteiger partial charge in [-0.15, -0.1) is 0 Å². The number of morpholine rings is 1. The molecule has 34 heavy (non-hydrogen) atoms. The number of nitrogens with zero attached hydrogens (tertiary/aromatic N) is 3. The van der Waals surface area contributed by atoms with Crippen LogP contribution in [0.25, 0.3) is 17.2 Å². The Morgan fingerprint density at radius 3 is 2.94 bits per heavy atom. The molecule has 0 amide bonds. The van der Waals surface area contributed by atoms with Crippen molar-refractivity contribution in [3.8, 4) is 11.1 Å². The van der Waals surface area contributed by atoms with E-state index >= 15 is 0 Å². The number of hydrogen-bond acceptors (Lipinski definition) is 7. The molecule has 0 radical (unpaired) electrons. The third-order valence-corrected chi connectivity index (χ3v) is 5.49. The molecule has 0 spiro atoms. The van der Waals surface area contributed by atoms with E-state index in [-0.39, 0.29) is 23.7 Å². The van der Waals surface area contributed by atoms with Crippen LogP contribution in [0.4, 0.5) is 21.8 Å². The van der Waals surface area contributed by atoms with Gasteiger partial charge in [-0.3, -0.25) is 0 Å². The molecule has 2 aromatic carbocycles. The first-order valence-corrected chi connectivity index (χ1v) is 10.9. The summed E-state index contributed by atoms with van der Waals surface area (Å²) in [6.45, 7) is 1.29. The molecule has 1 atom stereocenters. The molecule has 4 rings (SSSR count). The Morgan fingerprint density at radius 1 is 1.32 bits per heavy atom. The lowest BCUT2D eigenvalue weighted by Crippen LogP contribution is -2.44. The zero-order valence-electron chi connectivity index (χ0n) is 18.0. The highest BCUT2D eigenvalue weighted by atomic mass is 35.5. The van der Waals surface area contributed by atoms with Crippen molar-refractivity contribution in [2.75, 3.05) is 36.5 Å². The minimum Gasteiger partial charge on any atom is -0.478 e. The van der Waals surface area contributed by atoms with E-state index < -0.39 is 11.8 Å². The molecule has 1 saturated heterocycles. The number of carboxylic acid groups (broad SMARTS) is 1. The summed E-state index contributed by atoms with van der Waals surface area (Å²) < 4.78 is 19.1. The number of nitrogens with one attached hydrogen (secondary N) is 1. The highest BCUT2D eigenvalue weighted by molar-refractivity contribution is 6.31. The van der Waals surface area contributed by atoms with Gasteiger partial charge in [0.05, 0.1) is 24.3 Å². The minimum atomic E-state index is -1.03. The Morgan fingerprint density at radius 2 is 2.18 bits per heavy atom. The number of anilines is 3. The molecule has 3 aromatic rings. The van der Waals surface area contributed by atoms with Gasteiger partial charge in [0.25, 0.3) is 0 Å². The first kappa shape index (κ1) is 23.6. The van der Waals surface area contributed by atoms with Crippen molar-refractivity contribution >= 4 is 41.1 Å². The van der Waals surface area contributed by atoms with Crippen molar-refractivity contribution in [3.63, 3.8) is 0 Å². The number of aliphatic hydroxyl groups is 1. The van der Waals surface area contributed by atoms with Crippen LogP contribution in [0.15, 0.2) is 54.7 Å². The maximum absolute atomic E-state index is 13.5. The van der Waals surface area contributed by atoms with Gasteiger partial charge in [0.1, 0.15) is 11.6 Å². The van der Waals surface area contributed by atoms with Gasteiger partial charge in [0.2, 0.25) is 5.95 Å². The van der Waals surface area contributed by atoms with Crippen LogP contribution < -0.4 is 10.2 Å². The first-order chi connectivity index (χ1) is 16.4. The van der Waals surface area contributed by atoms with E-state index in [2.05, 4.69) is 10.3 Å². The van der Waals surface area contributed by atoms with Crippen molar-refractivity contribution in [1.29, 1.82) is 0 Å². The quantitative estimate of drug-likeness (QED) is 0.432. The van der Waals surface area contributed by atoms with Gasteiger partial charge < -0.3 is 25.2 Å². The SMILES string of the molecule is O=C(O)/C=C/c1cccc(-c2cnc(Nc3ccc(F)c(Cl)c3)nc2N2CCOC(CO)C2)c1. The average molecular weight is 485 g/mol. The number of benzene rings is 2. The molecule has 10 heteroatoms. The Hall–Kier alpha value is -3.53. The topological polar surface area (TPSA) is 108 Å². The molecule has 1 aromatic heterocycles. The molecular formula is C24H22ClFN4O4.